The fraction of sp³-hybridized carbons (Fsp3) is 0.385. The minimum Gasteiger partial charge on any atom is -0.443 e. The Morgan fingerprint density at radius 1 is 1.47 bits per heavy atom. The van der Waals surface area contributed by atoms with Crippen LogP contribution in [0, 0.1) is 0 Å². The second-order valence-electron chi connectivity index (χ2n) is 4.94. The summed E-state index contributed by atoms with van der Waals surface area (Å²) in [6.07, 6.45) is 5.06. The molecule has 2 heterocycles. The van der Waals surface area contributed by atoms with E-state index >= 15 is 0 Å². The molecule has 1 aromatic rings. The summed E-state index contributed by atoms with van der Waals surface area (Å²) < 4.78 is 5.30. The molecule has 0 atom stereocenters. The van der Waals surface area contributed by atoms with Crippen LogP contribution in [0.2, 0.25) is 0 Å². The van der Waals surface area contributed by atoms with Gasteiger partial charge in [-0.05, 0) is 32.1 Å². The number of ether oxygens (including phenoxy) is 1. The van der Waals surface area contributed by atoms with Crippen LogP contribution in [0.15, 0.2) is 18.3 Å². The largest absolute Gasteiger partial charge is 0.443 e. The molecule has 4 heteroatoms. The molecule has 0 spiro atoms. The van der Waals surface area contributed by atoms with E-state index in [-0.39, 0.29) is 6.09 Å². The Balaban J connectivity index is 2.23. The molecule has 1 aliphatic heterocycles. The van der Waals surface area contributed by atoms with Crippen LogP contribution in [-0.4, -0.2) is 28.1 Å². The van der Waals surface area contributed by atoms with E-state index in [4.69, 9.17) is 4.74 Å². The van der Waals surface area contributed by atoms with Gasteiger partial charge in [-0.25, -0.2) is 4.79 Å². The molecular formula is C13H16N2O2. The quantitative estimate of drug-likeness (QED) is 0.666. The summed E-state index contributed by atoms with van der Waals surface area (Å²) in [4.78, 5) is 17.6. The highest BCUT2D eigenvalue weighted by molar-refractivity contribution is 5.74. The Bertz CT molecular complexity index is 543. The lowest BCUT2D eigenvalue weighted by Crippen LogP contribution is -2.41. The zero-order valence-electron chi connectivity index (χ0n) is 10.3. The molecule has 0 N–H and O–H groups in total. The first-order valence-corrected chi connectivity index (χ1v) is 5.58. The molecule has 4 nitrogen and oxygen atoms in total. The van der Waals surface area contributed by atoms with Gasteiger partial charge in [0.1, 0.15) is 5.60 Å². The molecule has 1 aromatic heterocycles. The SMILES string of the molecule is CC(C)(C)OC(=O)N1C=c2ncccc2=CC1. The monoisotopic (exact) mass is 232 g/mol. The molecule has 1 amide bonds. The zero-order valence-corrected chi connectivity index (χ0v) is 10.3. The van der Waals surface area contributed by atoms with Gasteiger partial charge in [0.2, 0.25) is 0 Å². The Kier molecular flexibility index (Phi) is 2.88. The van der Waals surface area contributed by atoms with Gasteiger partial charge in [-0.1, -0.05) is 12.1 Å². The summed E-state index contributed by atoms with van der Waals surface area (Å²) in [5.41, 5.74) is -0.477. The third-order valence-corrected chi connectivity index (χ3v) is 2.29. The van der Waals surface area contributed by atoms with Crippen LogP contribution in [0.25, 0.3) is 12.3 Å². The third kappa shape index (κ3) is 2.84. The summed E-state index contributed by atoms with van der Waals surface area (Å²) >= 11 is 0. The topological polar surface area (TPSA) is 42.4 Å². The van der Waals surface area contributed by atoms with Crippen LogP contribution in [0.4, 0.5) is 4.79 Å². The third-order valence-electron chi connectivity index (χ3n) is 2.29. The van der Waals surface area contributed by atoms with E-state index in [2.05, 4.69) is 4.98 Å². The van der Waals surface area contributed by atoms with E-state index < -0.39 is 5.60 Å². The predicted octanol–water partition coefficient (Wildman–Crippen LogP) is 0.851. The molecule has 90 valence electrons. The number of pyridine rings is 1. The van der Waals surface area contributed by atoms with Crippen molar-refractivity contribution in [3.8, 4) is 0 Å². The molecule has 0 fully saturated rings. The van der Waals surface area contributed by atoms with E-state index in [0.29, 0.717) is 6.54 Å². The first-order chi connectivity index (χ1) is 7.96. The van der Waals surface area contributed by atoms with Crippen molar-refractivity contribution in [3.63, 3.8) is 0 Å². The van der Waals surface area contributed by atoms with Crippen molar-refractivity contribution in [2.75, 3.05) is 6.54 Å². The maximum absolute atomic E-state index is 11.8. The van der Waals surface area contributed by atoms with E-state index in [0.717, 1.165) is 10.6 Å². The smallest absolute Gasteiger partial charge is 0.414 e. The number of carbonyl (C=O) groups is 1. The van der Waals surface area contributed by atoms with Gasteiger partial charge >= 0.3 is 6.09 Å². The average Bonchev–Trinajstić information content (AvgIpc) is 2.26. The lowest BCUT2D eigenvalue weighted by molar-refractivity contribution is 0.0379. The molecular weight excluding hydrogens is 216 g/mol. The number of hydrogen-bond donors (Lipinski definition) is 0. The Labute approximate surface area is 100 Å². The average molecular weight is 232 g/mol. The minimum atomic E-state index is -0.477. The van der Waals surface area contributed by atoms with Crippen molar-refractivity contribution in [2.24, 2.45) is 0 Å². The fourth-order valence-corrected chi connectivity index (χ4v) is 1.56. The van der Waals surface area contributed by atoms with Gasteiger partial charge in [-0.2, -0.15) is 0 Å². The Morgan fingerprint density at radius 2 is 2.24 bits per heavy atom. The number of rotatable bonds is 0. The molecule has 0 bridgehead atoms. The van der Waals surface area contributed by atoms with E-state index in [9.17, 15) is 4.79 Å². The summed E-state index contributed by atoms with van der Waals surface area (Å²) in [5, 5.41) is 1.84. The summed E-state index contributed by atoms with van der Waals surface area (Å²) in [6, 6.07) is 3.86. The van der Waals surface area contributed by atoms with E-state index in [1.165, 1.54) is 4.90 Å². The molecule has 0 aromatic carbocycles. The van der Waals surface area contributed by atoms with Crippen LogP contribution >= 0.6 is 0 Å². The summed E-state index contributed by atoms with van der Waals surface area (Å²) in [6.45, 7) is 6.08. The standard InChI is InChI=1S/C13H16N2O2/c1-13(2,3)17-12(16)15-8-6-10-5-4-7-14-11(10)9-15/h4-7,9H,8H2,1-3H3. The van der Waals surface area contributed by atoms with Crippen LogP contribution in [-0.2, 0) is 4.74 Å². The van der Waals surface area contributed by atoms with Gasteiger partial charge in [-0.3, -0.25) is 9.88 Å². The first kappa shape index (κ1) is 11.6. The second-order valence-corrected chi connectivity index (χ2v) is 4.94. The molecule has 2 rings (SSSR count). The molecule has 0 saturated carbocycles. The fourth-order valence-electron chi connectivity index (χ4n) is 1.56. The highest BCUT2D eigenvalue weighted by atomic mass is 16.6. The van der Waals surface area contributed by atoms with Crippen molar-refractivity contribution in [1.82, 2.24) is 9.88 Å². The normalized spacial score (nSPS) is 14.4. The number of hydrogen-bond acceptors (Lipinski definition) is 3. The van der Waals surface area contributed by atoms with Crippen LogP contribution in [0.5, 0.6) is 0 Å². The van der Waals surface area contributed by atoms with Gasteiger partial charge < -0.3 is 4.74 Å². The second kappa shape index (κ2) is 4.20. The van der Waals surface area contributed by atoms with Crippen LogP contribution in [0.3, 0.4) is 0 Å². The number of amides is 1. The lowest BCUT2D eigenvalue weighted by atomic mass is 10.2. The van der Waals surface area contributed by atoms with Gasteiger partial charge in [0.15, 0.2) is 0 Å². The maximum Gasteiger partial charge on any atom is 0.414 e. The van der Waals surface area contributed by atoms with Crippen molar-refractivity contribution >= 4 is 18.4 Å². The van der Waals surface area contributed by atoms with Gasteiger partial charge in [0.25, 0.3) is 0 Å². The van der Waals surface area contributed by atoms with Gasteiger partial charge in [0.05, 0.1) is 5.35 Å². The number of nitrogens with zero attached hydrogens (tertiary/aromatic N) is 2. The number of fused-ring (bicyclic) bond motifs is 1. The van der Waals surface area contributed by atoms with Crippen molar-refractivity contribution in [1.29, 1.82) is 0 Å². The molecule has 0 unspecified atom stereocenters. The molecule has 0 aliphatic carbocycles. The lowest BCUT2D eigenvalue weighted by Gasteiger charge is -2.25. The zero-order chi connectivity index (χ0) is 12.5. The van der Waals surface area contributed by atoms with E-state index in [1.54, 1.807) is 12.4 Å². The van der Waals surface area contributed by atoms with Gasteiger partial charge in [0, 0.05) is 18.9 Å². The van der Waals surface area contributed by atoms with Crippen molar-refractivity contribution in [2.45, 2.75) is 26.4 Å². The van der Waals surface area contributed by atoms with Gasteiger partial charge in [-0.15, -0.1) is 0 Å². The molecule has 0 saturated heterocycles. The highest BCUT2D eigenvalue weighted by Crippen LogP contribution is 2.10. The minimum absolute atomic E-state index is 0.343. The predicted molar refractivity (Wildman–Crippen MR) is 65.4 cm³/mol. The highest BCUT2D eigenvalue weighted by Gasteiger charge is 2.21. The Morgan fingerprint density at radius 3 is 2.94 bits per heavy atom. The molecule has 0 radical (unpaired) electrons. The number of aromatic nitrogens is 1. The van der Waals surface area contributed by atoms with Crippen LogP contribution in [0.1, 0.15) is 20.8 Å². The first-order valence-electron chi connectivity index (χ1n) is 5.58. The molecule has 1 aliphatic rings. The van der Waals surface area contributed by atoms with Crippen molar-refractivity contribution < 1.29 is 9.53 Å². The summed E-state index contributed by atoms with van der Waals surface area (Å²) in [5.74, 6) is 0. The van der Waals surface area contributed by atoms with Crippen LogP contribution < -0.4 is 10.6 Å². The number of carbonyl (C=O) groups excluding carboxylic acids is 1. The maximum atomic E-state index is 11.8. The summed E-state index contributed by atoms with van der Waals surface area (Å²) in [7, 11) is 0. The Hall–Kier alpha value is -1.84. The molecule has 17 heavy (non-hydrogen) atoms. The van der Waals surface area contributed by atoms with E-state index in [1.807, 2.05) is 39.0 Å². The van der Waals surface area contributed by atoms with Crippen molar-refractivity contribution in [3.05, 3.63) is 28.9 Å².